The summed E-state index contributed by atoms with van der Waals surface area (Å²) in [5.74, 6) is 2.62. The van der Waals surface area contributed by atoms with Crippen molar-refractivity contribution in [1.82, 2.24) is 19.8 Å². The zero-order valence-electron chi connectivity index (χ0n) is 13.2. The van der Waals surface area contributed by atoms with Gasteiger partial charge >= 0.3 is 0 Å². The third-order valence-electron chi connectivity index (χ3n) is 3.98. The van der Waals surface area contributed by atoms with Crippen molar-refractivity contribution >= 4 is 11.6 Å². The van der Waals surface area contributed by atoms with E-state index in [9.17, 15) is 0 Å². The lowest BCUT2D eigenvalue weighted by Gasteiger charge is -2.37. The summed E-state index contributed by atoms with van der Waals surface area (Å²) in [6.07, 6.45) is 0. The Morgan fingerprint density at radius 2 is 1.85 bits per heavy atom. The number of hydrogen-bond acceptors (Lipinski definition) is 6. The van der Waals surface area contributed by atoms with Crippen LogP contribution in [0, 0.1) is 13.8 Å². The van der Waals surface area contributed by atoms with E-state index >= 15 is 0 Å². The van der Waals surface area contributed by atoms with Crippen LogP contribution in [-0.4, -0.2) is 73.1 Å². The second-order valence-electron chi connectivity index (χ2n) is 5.62. The molecule has 0 spiro atoms. The van der Waals surface area contributed by atoms with Crippen molar-refractivity contribution in [3.05, 3.63) is 11.4 Å². The van der Waals surface area contributed by atoms with Crippen LogP contribution in [0.2, 0.25) is 0 Å². The van der Waals surface area contributed by atoms with E-state index in [1.807, 2.05) is 20.9 Å². The average molecular weight is 278 g/mol. The Bertz CT molecular complexity index is 461. The third kappa shape index (κ3) is 3.37. The second-order valence-corrected chi connectivity index (χ2v) is 5.62. The van der Waals surface area contributed by atoms with Gasteiger partial charge in [-0.3, -0.25) is 4.90 Å². The summed E-state index contributed by atoms with van der Waals surface area (Å²) in [5, 5.41) is 6.61. The van der Waals surface area contributed by atoms with Crippen LogP contribution in [-0.2, 0) is 0 Å². The second kappa shape index (κ2) is 6.37. The molecule has 6 heteroatoms. The van der Waals surface area contributed by atoms with Crippen molar-refractivity contribution in [2.75, 3.05) is 58.0 Å². The summed E-state index contributed by atoms with van der Waals surface area (Å²) in [4.78, 5) is 13.7. The van der Waals surface area contributed by atoms with Crippen molar-refractivity contribution in [2.45, 2.75) is 19.9 Å². The van der Waals surface area contributed by atoms with Crippen molar-refractivity contribution in [3.63, 3.8) is 0 Å². The first-order chi connectivity index (χ1) is 9.51. The first kappa shape index (κ1) is 15.0. The highest BCUT2D eigenvalue weighted by atomic mass is 15.3. The number of aryl methyl sites for hydroxylation is 1. The van der Waals surface area contributed by atoms with E-state index in [1.165, 1.54) is 0 Å². The normalized spacial score (nSPS) is 20.9. The van der Waals surface area contributed by atoms with Gasteiger partial charge in [-0.15, -0.1) is 0 Å². The quantitative estimate of drug-likeness (QED) is 0.849. The molecule has 1 saturated heterocycles. The van der Waals surface area contributed by atoms with Crippen LogP contribution in [0.25, 0.3) is 0 Å². The van der Waals surface area contributed by atoms with Gasteiger partial charge in [0.2, 0.25) is 0 Å². The minimum Gasteiger partial charge on any atom is -0.373 e. The fourth-order valence-electron chi connectivity index (χ4n) is 2.58. The number of piperazine rings is 1. The van der Waals surface area contributed by atoms with Gasteiger partial charge in [-0.25, -0.2) is 9.97 Å². The fourth-order valence-corrected chi connectivity index (χ4v) is 2.58. The lowest BCUT2D eigenvalue weighted by atomic mass is 10.2. The first-order valence-electron chi connectivity index (χ1n) is 7.17. The van der Waals surface area contributed by atoms with Crippen LogP contribution >= 0.6 is 0 Å². The number of likely N-dealkylation sites (N-methyl/N-ethyl adjacent to an activating group) is 2. The molecule has 2 rings (SSSR count). The third-order valence-corrected chi connectivity index (χ3v) is 3.98. The highest BCUT2D eigenvalue weighted by Crippen LogP contribution is 2.19. The van der Waals surface area contributed by atoms with E-state index < -0.39 is 0 Å². The van der Waals surface area contributed by atoms with Crippen LogP contribution in [0.5, 0.6) is 0 Å². The van der Waals surface area contributed by atoms with Gasteiger partial charge in [-0.05, 0) is 27.9 Å². The molecule has 0 amide bonds. The zero-order valence-corrected chi connectivity index (χ0v) is 13.2. The predicted molar refractivity (Wildman–Crippen MR) is 83.5 cm³/mol. The van der Waals surface area contributed by atoms with Crippen LogP contribution in [0.4, 0.5) is 11.6 Å². The van der Waals surface area contributed by atoms with Crippen LogP contribution in [0.15, 0.2) is 0 Å². The molecule has 1 aliphatic rings. The number of nitrogens with one attached hydrogen (secondary N) is 2. The van der Waals surface area contributed by atoms with Crippen LogP contribution in [0.1, 0.15) is 11.4 Å². The van der Waals surface area contributed by atoms with Crippen molar-refractivity contribution in [1.29, 1.82) is 0 Å². The van der Waals surface area contributed by atoms with Gasteiger partial charge in [-0.1, -0.05) is 0 Å². The van der Waals surface area contributed by atoms with Gasteiger partial charge in [0.05, 0.1) is 0 Å². The Kier molecular flexibility index (Phi) is 4.77. The maximum Gasteiger partial charge on any atom is 0.134 e. The lowest BCUT2D eigenvalue weighted by Crippen LogP contribution is -2.52. The summed E-state index contributed by atoms with van der Waals surface area (Å²) < 4.78 is 0. The molecule has 6 nitrogen and oxygen atoms in total. The molecule has 2 heterocycles. The maximum atomic E-state index is 4.52. The average Bonchev–Trinajstić information content (AvgIpc) is 2.42. The Labute approximate surface area is 121 Å². The number of aromatic nitrogens is 2. The molecule has 0 aliphatic carbocycles. The first-order valence-corrected chi connectivity index (χ1v) is 7.17. The molecule has 0 saturated carbocycles. The van der Waals surface area contributed by atoms with Gasteiger partial charge in [0.15, 0.2) is 0 Å². The maximum absolute atomic E-state index is 4.52. The van der Waals surface area contributed by atoms with Gasteiger partial charge in [0.1, 0.15) is 17.5 Å². The summed E-state index contributed by atoms with van der Waals surface area (Å²) in [6, 6.07) is 0.515. The minimum absolute atomic E-state index is 0.515. The number of rotatable bonds is 4. The molecule has 1 atom stereocenters. The van der Waals surface area contributed by atoms with Crippen LogP contribution < -0.4 is 10.6 Å². The van der Waals surface area contributed by atoms with E-state index in [0.29, 0.717) is 6.04 Å². The van der Waals surface area contributed by atoms with Crippen molar-refractivity contribution in [3.8, 4) is 0 Å². The highest BCUT2D eigenvalue weighted by molar-refractivity contribution is 5.56. The van der Waals surface area contributed by atoms with Gasteiger partial charge < -0.3 is 15.5 Å². The van der Waals surface area contributed by atoms with Gasteiger partial charge in [0.25, 0.3) is 0 Å². The number of hydrogen-bond donors (Lipinski definition) is 2. The van der Waals surface area contributed by atoms with Gasteiger partial charge in [-0.2, -0.15) is 0 Å². The largest absolute Gasteiger partial charge is 0.373 e. The molecule has 0 aromatic carbocycles. The highest BCUT2D eigenvalue weighted by Gasteiger charge is 2.22. The molecule has 1 fully saturated rings. The standard InChI is InChI=1S/C14H26N6/c1-10-13(15-3)17-11(2)18-14(10)16-8-12-9-19(4)6-7-20(12)5/h12H,6-9H2,1-5H3,(H2,15,16,17,18). The Hall–Kier alpha value is -1.40. The summed E-state index contributed by atoms with van der Waals surface area (Å²) in [5.41, 5.74) is 1.07. The monoisotopic (exact) mass is 278 g/mol. The SMILES string of the molecule is CNc1nc(C)nc(NCC2CN(C)CCN2C)c1C. The molecule has 1 aliphatic heterocycles. The van der Waals surface area contributed by atoms with Crippen LogP contribution in [0.3, 0.4) is 0 Å². The van der Waals surface area contributed by atoms with E-state index in [4.69, 9.17) is 0 Å². The molecule has 2 N–H and O–H groups in total. The molecular formula is C14H26N6. The summed E-state index contributed by atoms with van der Waals surface area (Å²) in [7, 11) is 6.26. The molecule has 0 radical (unpaired) electrons. The molecule has 1 unspecified atom stereocenters. The Morgan fingerprint density at radius 1 is 1.15 bits per heavy atom. The van der Waals surface area contributed by atoms with E-state index in [2.05, 4.69) is 44.5 Å². The molecule has 20 heavy (non-hydrogen) atoms. The van der Waals surface area contributed by atoms with Crippen molar-refractivity contribution < 1.29 is 0 Å². The Balaban J connectivity index is 2.05. The molecular weight excluding hydrogens is 252 g/mol. The topological polar surface area (TPSA) is 56.3 Å². The number of anilines is 2. The smallest absolute Gasteiger partial charge is 0.134 e. The van der Waals surface area contributed by atoms with Crippen molar-refractivity contribution in [2.24, 2.45) is 0 Å². The molecule has 1 aromatic rings. The van der Waals surface area contributed by atoms with Gasteiger partial charge in [0, 0.05) is 44.8 Å². The summed E-state index contributed by atoms with van der Waals surface area (Å²) >= 11 is 0. The molecule has 112 valence electrons. The number of nitrogens with zero attached hydrogens (tertiary/aromatic N) is 4. The van der Waals surface area contributed by atoms with E-state index in [0.717, 1.165) is 49.2 Å². The molecule has 0 bridgehead atoms. The lowest BCUT2D eigenvalue weighted by molar-refractivity contribution is 0.122. The van der Waals surface area contributed by atoms with E-state index in [-0.39, 0.29) is 0 Å². The zero-order chi connectivity index (χ0) is 14.7. The fraction of sp³-hybridized carbons (Fsp3) is 0.714. The van der Waals surface area contributed by atoms with E-state index in [1.54, 1.807) is 0 Å². The minimum atomic E-state index is 0.515. The predicted octanol–water partition coefficient (Wildman–Crippen LogP) is 0.793. The Morgan fingerprint density at radius 3 is 2.55 bits per heavy atom. The molecule has 1 aromatic heterocycles. The summed E-state index contributed by atoms with van der Waals surface area (Å²) in [6.45, 7) is 8.22.